The van der Waals surface area contributed by atoms with E-state index in [1.165, 1.54) is 6.07 Å². The molecule has 1 aliphatic rings. The number of carboxylic acid groups (broad SMARTS) is 1. The number of carbonyl (C=O) groups excluding carboxylic acids is 1. The van der Waals surface area contributed by atoms with Crippen molar-refractivity contribution in [2.24, 2.45) is 0 Å². The number of hydrogen-bond acceptors (Lipinski definition) is 5. The van der Waals surface area contributed by atoms with Gasteiger partial charge in [-0.3, -0.25) is 9.59 Å². The van der Waals surface area contributed by atoms with Crippen LogP contribution in [0.4, 0.5) is 5.69 Å². The number of benzene rings is 3. The molecule has 35 heavy (non-hydrogen) atoms. The summed E-state index contributed by atoms with van der Waals surface area (Å²) >= 11 is 0. The molecule has 0 saturated carbocycles. The summed E-state index contributed by atoms with van der Waals surface area (Å²) in [6.45, 7) is 6.34. The molecule has 3 aromatic rings. The third kappa shape index (κ3) is 5.44. The third-order valence-corrected chi connectivity index (χ3v) is 5.87. The summed E-state index contributed by atoms with van der Waals surface area (Å²) in [5.41, 5.74) is 3.10. The molecular weight excluding hydrogens is 444 g/mol. The summed E-state index contributed by atoms with van der Waals surface area (Å²) in [4.78, 5) is 24.5. The van der Waals surface area contributed by atoms with E-state index in [4.69, 9.17) is 14.7 Å². The maximum atomic E-state index is 12.7. The van der Waals surface area contributed by atoms with Gasteiger partial charge in [-0.2, -0.15) is 5.26 Å². The van der Waals surface area contributed by atoms with Crippen molar-refractivity contribution >= 4 is 17.6 Å². The van der Waals surface area contributed by atoms with Crippen LogP contribution in [0.3, 0.4) is 0 Å². The number of aliphatic carboxylic acids is 1. The van der Waals surface area contributed by atoms with Crippen LogP contribution in [-0.2, 0) is 10.2 Å². The molecule has 2 N–H and O–H groups in total. The van der Waals surface area contributed by atoms with Crippen LogP contribution < -0.4 is 14.8 Å². The van der Waals surface area contributed by atoms with E-state index in [1.54, 1.807) is 36.4 Å². The van der Waals surface area contributed by atoms with Crippen LogP contribution in [-0.4, -0.2) is 23.3 Å². The second-order valence-electron chi connectivity index (χ2n) is 9.47. The van der Waals surface area contributed by atoms with E-state index in [0.717, 1.165) is 11.3 Å². The largest absolute Gasteiger partial charge is 0.481 e. The summed E-state index contributed by atoms with van der Waals surface area (Å²) in [5.74, 6) is -1.29. The van der Waals surface area contributed by atoms with Crippen molar-refractivity contribution in [3.05, 3.63) is 89.0 Å². The van der Waals surface area contributed by atoms with Crippen molar-refractivity contribution in [1.29, 1.82) is 5.26 Å². The first-order valence-corrected chi connectivity index (χ1v) is 11.3. The fraction of sp³-hybridized carbons (Fsp3) is 0.250. The topological polar surface area (TPSA) is 109 Å². The lowest BCUT2D eigenvalue weighted by atomic mass is 9.87. The van der Waals surface area contributed by atoms with Crippen molar-refractivity contribution in [2.45, 2.75) is 44.8 Å². The highest BCUT2D eigenvalue weighted by molar-refractivity contribution is 6.04. The van der Waals surface area contributed by atoms with Crippen molar-refractivity contribution in [3.8, 4) is 17.6 Å². The molecule has 0 saturated heterocycles. The number of rotatable bonds is 5. The zero-order valence-electron chi connectivity index (χ0n) is 19.7. The van der Waals surface area contributed by atoms with Crippen LogP contribution in [0.15, 0.2) is 66.7 Å². The smallest absolute Gasteiger partial charge is 0.311 e. The van der Waals surface area contributed by atoms with E-state index >= 15 is 0 Å². The predicted octanol–water partition coefficient (Wildman–Crippen LogP) is 5.46. The Labute approximate surface area is 203 Å². The summed E-state index contributed by atoms with van der Waals surface area (Å²) in [6, 6.07) is 21.0. The van der Waals surface area contributed by atoms with Gasteiger partial charge in [-0.25, -0.2) is 0 Å². The lowest BCUT2D eigenvalue weighted by Crippen LogP contribution is -2.33. The van der Waals surface area contributed by atoms with Gasteiger partial charge in [0.15, 0.2) is 0 Å². The highest BCUT2D eigenvalue weighted by Crippen LogP contribution is 2.38. The van der Waals surface area contributed by atoms with E-state index in [1.807, 2.05) is 30.3 Å². The zero-order chi connectivity index (χ0) is 25.2. The highest BCUT2D eigenvalue weighted by Gasteiger charge is 2.34. The molecule has 2 atom stereocenters. The average Bonchev–Trinajstić information content (AvgIpc) is 2.83. The standard InChI is InChI=1S/C28H26N2O5/c1-28(2,3)19-5-4-6-20(14-19)30-26(31)18-8-10-21(11-9-18)34-25-15-23(27(32)33)22-13-17(16-29)7-12-24(22)35-25/h4-14,23,25H,15H2,1-3H3,(H,30,31)(H,32,33). The molecule has 0 bridgehead atoms. The Kier molecular flexibility index (Phi) is 6.48. The van der Waals surface area contributed by atoms with Gasteiger partial charge in [0, 0.05) is 23.2 Å². The number of hydrogen-bond donors (Lipinski definition) is 2. The Balaban J connectivity index is 1.44. The van der Waals surface area contributed by atoms with Crippen LogP contribution in [0.2, 0.25) is 0 Å². The number of carboxylic acids is 1. The minimum atomic E-state index is -1.01. The van der Waals surface area contributed by atoms with Crippen molar-refractivity contribution < 1.29 is 24.2 Å². The molecule has 1 aliphatic heterocycles. The second kappa shape index (κ2) is 9.51. The molecular formula is C28H26N2O5. The molecule has 1 heterocycles. The Bertz CT molecular complexity index is 1300. The molecule has 0 radical (unpaired) electrons. The lowest BCUT2D eigenvalue weighted by molar-refractivity contribution is -0.141. The van der Waals surface area contributed by atoms with E-state index in [9.17, 15) is 14.7 Å². The summed E-state index contributed by atoms with van der Waals surface area (Å²) in [5, 5.41) is 21.7. The number of nitrogens with zero attached hydrogens (tertiary/aromatic N) is 1. The molecule has 1 amide bonds. The molecule has 2 unspecified atom stereocenters. The van der Waals surface area contributed by atoms with Crippen LogP contribution in [0.1, 0.15) is 60.2 Å². The number of fused-ring (bicyclic) bond motifs is 1. The molecule has 0 aromatic heterocycles. The van der Waals surface area contributed by atoms with Gasteiger partial charge in [-0.05, 0) is 65.6 Å². The van der Waals surface area contributed by atoms with E-state index in [-0.39, 0.29) is 17.7 Å². The molecule has 0 fully saturated rings. The maximum Gasteiger partial charge on any atom is 0.311 e. The predicted molar refractivity (Wildman–Crippen MR) is 131 cm³/mol. The van der Waals surface area contributed by atoms with Crippen LogP contribution in [0, 0.1) is 11.3 Å². The number of carbonyl (C=O) groups is 2. The number of nitrogens with one attached hydrogen (secondary N) is 1. The number of amides is 1. The van der Waals surface area contributed by atoms with Gasteiger partial charge in [-0.1, -0.05) is 32.9 Å². The zero-order valence-corrected chi connectivity index (χ0v) is 19.7. The Morgan fingerprint density at radius 1 is 1.09 bits per heavy atom. The van der Waals surface area contributed by atoms with Gasteiger partial charge in [-0.15, -0.1) is 0 Å². The summed E-state index contributed by atoms with van der Waals surface area (Å²) in [6.07, 6.45) is -0.736. The van der Waals surface area contributed by atoms with Gasteiger partial charge in [0.1, 0.15) is 11.5 Å². The van der Waals surface area contributed by atoms with E-state index in [2.05, 4.69) is 26.1 Å². The Morgan fingerprint density at radius 3 is 2.49 bits per heavy atom. The van der Waals surface area contributed by atoms with Crippen molar-refractivity contribution in [1.82, 2.24) is 0 Å². The first kappa shape index (κ1) is 23.8. The SMILES string of the molecule is CC(C)(C)c1cccc(NC(=O)c2ccc(OC3CC(C(=O)O)c4cc(C#N)ccc4O3)cc2)c1. The molecule has 7 heteroatoms. The van der Waals surface area contributed by atoms with Gasteiger partial charge >= 0.3 is 5.97 Å². The minimum absolute atomic E-state index is 0.0287. The van der Waals surface area contributed by atoms with Crippen LogP contribution in [0.5, 0.6) is 11.5 Å². The first-order valence-electron chi connectivity index (χ1n) is 11.3. The number of ether oxygens (including phenoxy) is 2. The van der Waals surface area contributed by atoms with E-state index < -0.39 is 18.2 Å². The van der Waals surface area contributed by atoms with Crippen LogP contribution >= 0.6 is 0 Å². The number of anilines is 1. The molecule has 0 spiro atoms. The van der Waals surface area contributed by atoms with Gasteiger partial charge in [0.25, 0.3) is 5.91 Å². The average molecular weight is 471 g/mol. The third-order valence-electron chi connectivity index (χ3n) is 5.87. The number of nitriles is 1. The summed E-state index contributed by atoms with van der Waals surface area (Å²) in [7, 11) is 0. The lowest BCUT2D eigenvalue weighted by Gasteiger charge is -2.30. The van der Waals surface area contributed by atoms with Crippen molar-refractivity contribution in [2.75, 3.05) is 5.32 Å². The van der Waals surface area contributed by atoms with Gasteiger partial charge in [0.2, 0.25) is 6.29 Å². The highest BCUT2D eigenvalue weighted by atomic mass is 16.7. The normalized spacial score (nSPS) is 16.9. The fourth-order valence-electron chi connectivity index (χ4n) is 3.92. The van der Waals surface area contributed by atoms with E-state index in [0.29, 0.717) is 28.2 Å². The Hall–Kier alpha value is -4.31. The molecule has 178 valence electrons. The second-order valence-corrected chi connectivity index (χ2v) is 9.47. The van der Waals surface area contributed by atoms with Gasteiger partial charge in [0.05, 0.1) is 17.6 Å². The molecule has 7 nitrogen and oxygen atoms in total. The molecule has 4 rings (SSSR count). The maximum absolute atomic E-state index is 12.7. The monoisotopic (exact) mass is 470 g/mol. The molecule has 0 aliphatic carbocycles. The first-order chi connectivity index (χ1) is 16.6. The quantitative estimate of drug-likeness (QED) is 0.512. The van der Waals surface area contributed by atoms with Crippen LogP contribution in [0.25, 0.3) is 0 Å². The summed E-state index contributed by atoms with van der Waals surface area (Å²) < 4.78 is 11.7. The molecule has 3 aromatic carbocycles. The van der Waals surface area contributed by atoms with Crippen molar-refractivity contribution in [3.63, 3.8) is 0 Å². The van der Waals surface area contributed by atoms with Gasteiger partial charge < -0.3 is 19.9 Å². The minimum Gasteiger partial charge on any atom is -0.481 e. The fourth-order valence-corrected chi connectivity index (χ4v) is 3.92. The Morgan fingerprint density at radius 2 is 1.83 bits per heavy atom.